The lowest BCUT2D eigenvalue weighted by Crippen LogP contribution is -2.13. The van der Waals surface area contributed by atoms with Crippen molar-refractivity contribution in [2.75, 3.05) is 0 Å². The molecule has 13 heavy (non-hydrogen) atoms. The molecule has 0 unspecified atom stereocenters. The second kappa shape index (κ2) is 3.24. The van der Waals surface area contributed by atoms with Crippen molar-refractivity contribution in [2.45, 2.75) is 25.7 Å². The van der Waals surface area contributed by atoms with Crippen LogP contribution in [0.25, 0.3) is 0 Å². The van der Waals surface area contributed by atoms with Gasteiger partial charge in [0, 0.05) is 5.92 Å². The topological polar surface area (TPSA) is 60.7 Å². The third-order valence-corrected chi connectivity index (χ3v) is 2.45. The first-order valence-corrected chi connectivity index (χ1v) is 4.55. The molecular weight excluding hydrogens is 168 g/mol. The Bertz CT molecular complexity index is 314. The predicted molar refractivity (Wildman–Crippen MR) is 45.1 cm³/mol. The molecule has 0 spiro atoms. The zero-order valence-electron chi connectivity index (χ0n) is 7.60. The van der Waals surface area contributed by atoms with Crippen molar-refractivity contribution in [3.8, 4) is 0 Å². The number of ketones is 1. The number of aryl methyl sites for hydroxylation is 1. The molecule has 1 aliphatic rings. The van der Waals surface area contributed by atoms with Gasteiger partial charge in [0.2, 0.25) is 11.6 Å². The molecule has 5 nitrogen and oxygen atoms in total. The minimum absolute atomic E-state index is 0.0607. The smallest absolute Gasteiger partial charge is 0.240 e. The Morgan fingerprint density at radius 2 is 2.15 bits per heavy atom. The van der Waals surface area contributed by atoms with Crippen LogP contribution >= 0.6 is 0 Å². The monoisotopic (exact) mass is 180 g/mol. The average molecular weight is 180 g/mol. The van der Waals surface area contributed by atoms with E-state index < -0.39 is 0 Å². The first kappa shape index (κ1) is 8.34. The minimum atomic E-state index is 0.0607. The number of carbonyl (C=O) groups excluding carboxylic acids is 1. The van der Waals surface area contributed by atoms with E-state index in [0.29, 0.717) is 0 Å². The molecule has 1 aromatic heterocycles. The molecule has 0 N–H and O–H groups in total. The van der Waals surface area contributed by atoms with E-state index in [1.165, 1.54) is 4.80 Å². The van der Waals surface area contributed by atoms with Gasteiger partial charge in [0.25, 0.3) is 0 Å². The summed E-state index contributed by atoms with van der Waals surface area (Å²) >= 11 is 0. The Hall–Kier alpha value is -1.26. The maximum Gasteiger partial charge on any atom is 0.240 e. The van der Waals surface area contributed by atoms with Crippen molar-refractivity contribution < 1.29 is 4.79 Å². The lowest BCUT2D eigenvalue weighted by atomic mass is 10.0. The van der Waals surface area contributed by atoms with E-state index >= 15 is 0 Å². The van der Waals surface area contributed by atoms with Gasteiger partial charge in [-0.25, -0.2) is 0 Å². The summed E-state index contributed by atoms with van der Waals surface area (Å²) in [6.07, 6.45) is 4.27. The first-order chi connectivity index (χ1) is 6.27. The Morgan fingerprint density at radius 1 is 1.46 bits per heavy atom. The summed E-state index contributed by atoms with van der Waals surface area (Å²) in [5, 5.41) is 11.3. The molecule has 0 atom stereocenters. The van der Waals surface area contributed by atoms with Gasteiger partial charge in [0.15, 0.2) is 0 Å². The van der Waals surface area contributed by atoms with Gasteiger partial charge in [-0.15, -0.1) is 10.2 Å². The van der Waals surface area contributed by atoms with Gasteiger partial charge in [-0.05, 0) is 18.1 Å². The highest BCUT2D eigenvalue weighted by molar-refractivity contribution is 5.94. The third kappa shape index (κ3) is 1.59. The van der Waals surface area contributed by atoms with Crippen LogP contribution in [-0.2, 0) is 7.05 Å². The number of rotatable bonds is 2. The number of Topliss-reactive ketones (excluding diaryl/α,β-unsaturated/α-hetero) is 1. The molecule has 5 heteroatoms. The van der Waals surface area contributed by atoms with Crippen LogP contribution in [0, 0.1) is 5.92 Å². The summed E-state index contributed by atoms with van der Waals surface area (Å²) in [4.78, 5) is 13.0. The van der Waals surface area contributed by atoms with Crippen LogP contribution in [0.15, 0.2) is 0 Å². The number of hydrogen-bond acceptors (Lipinski definition) is 4. The summed E-state index contributed by atoms with van der Waals surface area (Å²) in [5.41, 5.74) is 0. The SMILES string of the molecule is Cn1nnc(C(=O)C2CCCC2)n1. The maximum atomic E-state index is 11.7. The van der Waals surface area contributed by atoms with Crippen molar-refractivity contribution in [3.63, 3.8) is 0 Å². The van der Waals surface area contributed by atoms with Crippen molar-refractivity contribution in [3.05, 3.63) is 5.82 Å². The van der Waals surface area contributed by atoms with Crippen LogP contribution in [0.5, 0.6) is 0 Å². The minimum Gasteiger partial charge on any atom is -0.290 e. The Kier molecular flexibility index (Phi) is 2.08. The quantitative estimate of drug-likeness (QED) is 0.625. The molecule has 0 radical (unpaired) electrons. The van der Waals surface area contributed by atoms with E-state index in [9.17, 15) is 4.79 Å². The summed E-state index contributed by atoms with van der Waals surface area (Å²) in [7, 11) is 1.67. The van der Waals surface area contributed by atoms with Gasteiger partial charge in [-0.3, -0.25) is 4.79 Å². The van der Waals surface area contributed by atoms with Gasteiger partial charge in [-0.2, -0.15) is 4.80 Å². The van der Waals surface area contributed by atoms with Gasteiger partial charge in [0.1, 0.15) is 0 Å². The van der Waals surface area contributed by atoms with Gasteiger partial charge in [-0.1, -0.05) is 12.8 Å². The predicted octanol–water partition coefficient (Wildman–Crippen LogP) is 0.583. The van der Waals surface area contributed by atoms with Crippen LogP contribution in [0.3, 0.4) is 0 Å². The lowest BCUT2D eigenvalue weighted by molar-refractivity contribution is 0.0912. The summed E-state index contributed by atoms with van der Waals surface area (Å²) in [6.45, 7) is 0. The van der Waals surface area contributed by atoms with Gasteiger partial charge >= 0.3 is 0 Å². The van der Waals surface area contributed by atoms with E-state index in [1.54, 1.807) is 7.05 Å². The highest BCUT2D eigenvalue weighted by Crippen LogP contribution is 2.26. The second-order valence-corrected chi connectivity index (χ2v) is 3.45. The molecule has 1 heterocycles. The number of hydrogen-bond donors (Lipinski definition) is 0. The molecule has 0 aromatic carbocycles. The summed E-state index contributed by atoms with van der Waals surface area (Å²) in [6, 6.07) is 0. The molecular formula is C8H12N4O. The van der Waals surface area contributed by atoms with E-state index in [2.05, 4.69) is 15.4 Å². The van der Waals surface area contributed by atoms with Crippen LogP contribution in [0.2, 0.25) is 0 Å². The van der Waals surface area contributed by atoms with Gasteiger partial charge < -0.3 is 0 Å². The third-order valence-electron chi connectivity index (χ3n) is 2.45. The van der Waals surface area contributed by atoms with Crippen molar-refractivity contribution in [1.29, 1.82) is 0 Å². The first-order valence-electron chi connectivity index (χ1n) is 4.55. The summed E-state index contributed by atoms with van der Waals surface area (Å²) in [5.74, 6) is 0.476. The molecule has 70 valence electrons. The van der Waals surface area contributed by atoms with Crippen LogP contribution < -0.4 is 0 Å². The molecule has 1 aliphatic carbocycles. The second-order valence-electron chi connectivity index (χ2n) is 3.45. The Labute approximate surface area is 76.1 Å². The largest absolute Gasteiger partial charge is 0.290 e. The van der Waals surface area contributed by atoms with Crippen molar-refractivity contribution in [1.82, 2.24) is 20.2 Å². The Balaban J connectivity index is 2.12. The van der Waals surface area contributed by atoms with E-state index in [4.69, 9.17) is 0 Å². The normalized spacial score (nSPS) is 17.9. The standard InChI is InChI=1S/C8H12N4O/c1-12-10-8(9-11-12)7(13)6-4-2-3-5-6/h6H,2-5H2,1H3. The molecule has 0 saturated heterocycles. The fourth-order valence-corrected chi connectivity index (χ4v) is 1.75. The fourth-order valence-electron chi connectivity index (χ4n) is 1.75. The number of carbonyl (C=O) groups is 1. The molecule has 1 saturated carbocycles. The van der Waals surface area contributed by atoms with Crippen LogP contribution in [0.4, 0.5) is 0 Å². The maximum absolute atomic E-state index is 11.7. The number of aromatic nitrogens is 4. The Morgan fingerprint density at radius 3 is 2.69 bits per heavy atom. The lowest BCUT2D eigenvalue weighted by Gasteiger charge is -2.01. The zero-order chi connectivity index (χ0) is 9.26. The van der Waals surface area contributed by atoms with Crippen molar-refractivity contribution >= 4 is 5.78 Å². The molecule has 0 bridgehead atoms. The van der Waals surface area contributed by atoms with Crippen molar-refractivity contribution in [2.24, 2.45) is 13.0 Å². The highest BCUT2D eigenvalue weighted by Gasteiger charge is 2.26. The fraction of sp³-hybridized carbons (Fsp3) is 0.750. The number of nitrogens with zero attached hydrogens (tertiary/aromatic N) is 4. The van der Waals surface area contributed by atoms with Crippen LogP contribution in [0.1, 0.15) is 36.3 Å². The zero-order valence-corrected chi connectivity index (χ0v) is 7.60. The molecule has 1 aromatic rings. The van der Waals surface area contributed by atoms with E-state index in [-0.39, 0.29) is 17.5 Å². The molecule has 0 aliphatic heterocycles. The highest BCUT2D eigenvalue weighted by atomic mass is 16.1. The summed E-state index contributed by atoms with van der Waals surface area (Å²) < 4.78 is 0. The average Bonchev–Trinajstić information content (AvgIpc) is 2.72. The molecule has 2 rings (SSSR count). The van der Waals surface area contributed by atoms with E-state index in [1.807, 2.05) is 0 Å². The van der Waals surface area contributed by atoms with Crippen LogP contribution in [-0.4, -0.2) is 26.0 Å². The van der Waals surface area contributed by atoms with E-state index in [0.717, 1.165) is 25.7 Å². The molecule has 1 fully saturated rings. The molecule has 0 amide bonds. The van der Waals surface area contributed by atoms with Gasteiger partial charge in [0.05, 0.1) is 7.05 Å². The number of tetrazole rings is 1.